The molecule has 2 heterocycles. The summed E-state index contributed by atoms with van der Waals surface area (Å²) in [7, 11) is 0. The Kier molecular flexibility index (Phi) is 3.74. The van der Waals surface area contributed by atoms with Crippen molar-refractivity contribution in [3.63, 3.8) is 0 Å². The number of aliphatic hydroxyl groups is 1. The average Bonchev–Trinajstić information content (AvgIpc) is 2.54. The molecule has 1 aromatic rings. The van der Waals surface area contributed by atoms with Gasteiger partial charge < -0.3 is 10.0 Å². The van der Waals surface area contributed by atoms with Crippen LogP contribution in [0.3, 0.4) is 0 Å². The summed E-state index contributed by atoms with van der Waals surface area (Å²) >= 11 is 0. The van der Waals surface area contributed by atoms with E-state index in [1.165, 1.54) is 0 Å². The van der Waals surface area contributed by atoms with Gasteiger partial charge in [0.1, 0.15) is 0 Å². The van der Waals surface area contributed by atoms with Gasteiger partial charge in [-0.3, -0.25) is 9.78 Å². The Labute approximate surface area is 126 Å². The molecule has 2 fully saturated rings. The van der Waals surface area contributed by atoms with Crippen molar-refractivity contribution in [2.24, 2.45) is 5.41 Å². The van der Waals surface area contributed by atoms with Gasteiger partial charge in [-0.1, -0.05) is 6.92 Å². The summed E-state index contributed by atoms with van der Waals surface area (Å²) < 4.78 is 0. The van der Waals surface area contributed by atoms with Gasteiger partial charge in [-0.25, -0.2) is 0 Å². The number of hydrogen-bond acceptors (Lipinski definition) is 3. The number of likely N-dealkylation sites (tertiary alicyclic amines) is 1. The van der Waals surface area contributed by atoms with Crippen LogP contribution < -0.4 is 0 Å². The van der Waals surface area contributed by atoms with E-state index in [2.05, 4.69) is 11.9 Å². The SMILES string of the molecule is CCC1(O)CCC12CCN(C(=O)Cc1ccncc1)CC2. The number of hydrogen-bond donors (Lipinski definition) is 1. The first-order valence-corrected chi connectivity index (χ1v) is 7.98. The molecule has 1 amide bonds. The third-order valence-electron chi connectivity index (χ3n) is 5.77. The van der Waals surface area contributed by atoms with Gasteiger partial charge in [-0.15, -0.1) is 0 Å². The zero-order valence-electron chi connectivity index (χ0n) is 12.7. The highest BCUT2D eigenvalue weighted by atomic mass is 16.3. The normalized spacial score (nSPS) is 27.4. The van der Waals surface area contributed by atoms with Gasteiger partial charge in [0, 0.05) is 30.9 Å². The lowest BCUT2D eigenvalue weighted by Crippen LogP contribution is -2.61. The summed E-state index contributed by atoms with van der Waals surface area (Å²) in [6.45, 7) is 3.64. The van der Waals surface area contributed by atoms with Crippen molar-refractivity contribution >= 4 is 5.91 Å². The first-order chi connectivity index (χ1) is 10.1. The molecule has 1 spiro atoms. The Bertz CT molecular complexity index is 505. The molecule has 1 aromatic heterocycles. The zero-order valence-corrected chi connectivity index (χ0v) is 12.7. The van der Waals surface area contributed by atoms with E-state index in [-0.39, 0.29) is 11.3 Å². The highest BCUT2D eigenvalue weighted by Crippen LogP contribution is 2.57. The Morgan fingerprint density at radius 1 is 1.24 bits per heavy atom. The van der Waals surface area contributed by atoms with Gasteiger partial charge in [0.25, 0.3) is 0 Å². The molecule has 2 aliphatic rings. The van der Waals surface area contributed by atoms with Gasteiger partial charge in [-0.2, -0.15) is 0 Å². The van der Waals surface area contributed by atoms with Crippen LogP contribution in [0.4, 0.5) is 0 Å². The van der Waals surface area contributed by atoms with Crippen LogP contribution in [0, 0.1) is 5.41 Å². The van der Waals surface area contributed by atoms with Crippen molar-refractivity contribution < 1.29 is 9.90 Å². The summed E-state index contributed by atoms with van der Waals surface area (Å²) in [6.07, 6.45) is 8.66. The smallest absolute Gasteiger partial charge is 0.226 e. The fourth-order valence-corrected chi connectivity index (χ4v) is 4.01. The van der Waals surface area contributed by atoms with Gasteiger partial charge in [0.2, 0.25) is 5.91 Å². The summed E-state index contributed by atoms with van der Waals surface area (Å²) in [4.78, 5) is 18.3. The summed E-state index contributed by atoms with van der Waals surface area (Å²) in [5, 5.41) is 10.6. The van der Waals surface area contributed by atoms with E-state index in [0.29, 0.717) is 6.42 Å². The van der Waals surface area contributed by atoms with Gasteiger partial charge in [0.15, 0.2) is 0 Å². The standard InChI is InChI=1S/C17H24N2O2/c1-2-17(21)6-5-16(17)7-11-19(12-8-16)15(20)13-14-3-9-18-10-4-14/h3-4,9-10,21H,2,5-8,11-13H2,1H3. The van der Waals surface area contributed by atoms with Crippen LogP contribution in [0.1, 0.15) is 44.6 Å². The van der Waals surface area contributed by atoms with Crippen LogP contribution in [-0.2, 0) is 11.2 Å². The number of carbonyl (C=O) groups excluding carboxylic acids is 1. The number of amides is 1. The molecule has 0 aromatic carbocycles. The van der Waals surface area contributed by atoms with Gasteiger partial charge >= 0.3 is 0 Å². The fourth-order valence-electron chi connectivity index (χ4n) is 4.01. The van der Waals surface area contributed by atoms with E-state index in [4.69, 9.17) is 0 Å². The topological polar surface area (TPSA) is 53.4 Å². The number of aromatic nitrogens is 1. The molecule has 1 aliphatic heterocycles. The molecule has 1 N–H and O–H groups in total. The van der Waals surface area contributed by atoms with Crippen molar-refractivity contribution in [2.45, 2.75) is 51.0 Å². The van der Waals surface area contributed by atoms with Crippen molar-refractivity contribution in [3.8, 4) is 0 Å². The molecule has 1 atom stereocenters. The molecule has 0 bridgehead atoms. The lowest BCUT2D eigenvalue weighted by Gasteiger charge is -2.59. The minimum atomic E-state index is -0.479. The Balaban J connectivity index is 1.58. The summed E-state index contributed by atoms with van der Waals surface area (Å²) in [5.74, 6) is 0.190. The molecule has 4 nitrogen and oxygen atoms in total. The van der Waals surface area contributed by atoms with E-state index < -0.39 is 5.60 Å². The maximum Gasteiger partial charge on any atom is 0.226 e. The van der Waals surface area contributed by atoms with Crippen LogP contribution in [0.15, 0.2) is 24.5 Å². The number of carbonyl (C=O) groups is 1. The largest absolute Gasteiger partial charge is 0.389 e. The van der Waals surface area contributed by atoms with E-state index in [1.54, 1.807) is 12.4 Å². The minimum Gasteiger partial charge on any atom is -0.389 e. The second-order valence-electron chi connectivity index (χ2n) is 6.58. The molecule has 1 saturated heterocycles. The first kappa shape index (κ1) is 14.5. The van der Waals surface area contributed by atoms with Crippen LogP contribution >= 0.6 is 0 Å². The van der Waals surface area contributed by atoms with Gasteiger partial charge in [-0.05, 0) is 49.8 Å². The predicted octanol–water partition coefficient (Wildman–Crippen LogP) is 2.17. The number of piperidine rings is 1. The van der Waals surface area contributed by atoms with Crippen molar-refractivity contribution in [3.05, 3.63) is 30.1 Å². The lowest BCUT2D eigenvalue weighted by molar-refractivity contribution is -0.192. The number of rotatable bonds is 3. The molecule has 21 heavy (non-hydrogen) atoms. The molecular formula is C17H24N2O2. The molecule has 1 saturated carbocycles. The second kappa shape index (κ2) is 5.41. The Morgan fingerprint density at radius 3 is 2.43 bits per heavy atom. The monoisotopic (exact) mass is 288 g/mol. The molecular weight excluding hydrogens is 264 g/mol. The third-order valence-corrected chi connectivity index (χ3v) is 5.77. The average molecular weight is 288 g/mol. The molecule has 1 unspecified atom stereocenters. The lowest BCUT2D eigenvalue weighted by atomic mass is 9.51. The third kappa shape index (κ3) is 2.46. The van der Waals surface area contributed by atoms with E-state index in [1.807, 2.05) is 17.0 Å². The molecule has 114 valence electrons. The van der Waals surface area contributed by atoms with Crippen molar-refractivity contribution in [1.29, 1.82) is 0 Å². The first-order valence-electron chi connectivity index (χ1n) is 7.98. The molecule has 4 heteroatoms. The molecule has 1 aliphatic carbocycles. The summed E-state index contributed by atoms with van der Waals surface area (Å²) in [5.41, 5.74) is 0.617. The number of nitrogens with zero attached hydrogens (tertiary/aromatic N) is 2. The van der Waals surface area contributed by atoms with E-state index in [9.17, 15) is 9.90 Å². The highest BCUT2D eigenvalue weighted by Gasteiger charge is 2.57. The zero-order chi connectivity index (χ0) is 14.9. The maximum absolute atomic E-state index is 12.4. The van der Waals surface area contributed by atoms with Crippen LogP contribution in [-0.4, -0.2) is 39.6 Å². The van der Waals surface area contributed by atoms with E-state index >= 15 is 0 Å². The van der Waals surface area contributed by atoms with E-state index in [0.717, 1.165) is 50.8 Å². The van der Waals surface area contributed by atoms with Crippen LogP contribution in [0.2, 0.25) is 0 Å². The van der Waals surface area contributed by atoms with Crippen molar-refractivity contribution in [2.75, 3.05) is 13.1 Å². The molecule has 0 radical (unpaired) electrons. The number of pyridine rings is 1. The fraction of sp³-hybridized carbons (Fsp3) is 0.647. The second-order valence-corrected chi connectivity index (χ2v) is 6.58. The highest BCUT2D eigenvalue weighted by molar-refractivity contribution is 5.78. The Morgan fingerprint density at radius 2 is 1.90 bits per heavy atom. The minimum absolute atomic E-state index is 0.0786. The maximum atomic E-state index is 12.4. The van der Waals surface area contributed by atoms with Crippen LogP contribution in [0.5, 0.6) is 0 Å². The Hall–Kier alpha value is -1.42. The van der Waals surface area contributed by atoms with Gasteiger partial charge in [0.05, 0.1) is 12.0 Å². The van der Waals surface area contributed by atoms with Crippen molar-refractivity contribution in [1.82, 2.24) is 9.88 Å². The molecule has 3 rings (SSSR count). The quantitative estimate of drug-likeness (QED) is 0.927. The summed E-state index contributed by atoms with van der Waals surface area (Å²) in [6, 6.07) is 3.79. The predicted molar refractivity (Wildman–Crippen MR) is 80.7 cm³/mol. The van der Waals surface area contributed by atoms with Crippen LogP contribution in [0.25, 0.3) is 0 Å².